The maximum atomic E-state index is 12.0. The fraction of sp³-hybridized carbons (Fsp3) is 0.312. The Hall–Kier alpha value is -2.83. The summed E-state index contributed by atoms with van der Waals surface area (Å²) in [7, 11) is 0. The first-order chi connectivity index (χ1) is 11.2. The molecule has 2 heterocycles. The van der Waals surface area contributed by atoms with Gasteiger partial charge in [-0.2, -0.15) is 5.10 Å². The molecule has 1 fully saturated rings. The molecular formula is C16H18N4O3. The first kappa shape index (κ1) is 15.1. The van der Waals surface area contributed by atoms with Crippen molar-refractivity contribution >= 4 is 6.21 Å². The van der Waals surface area contributed by atoms with E-state index in [2.05, 4.69) is 10.1 Å². The first-order valence-electron chi connectivity index (χ1n) is 7.59. The van der Waals surface area contributed by atoms with Crippen molar-refractivity contribution in [2.24, 2.45) is 5.10 Å². The number of benzene rings is 1. The summed E-state index contributed by atoms with van der Waals surface area (Å²) in [6.45, 7) is 1.65. The number of aromatic hydroxyl groups is 1. The molecular weight excluding hydrogens is 296 g/mol. The van der Waals surface area contributed by atoms with E-state index in [1.54, 1.807) is 30.3 Å². The summed E-state index contributed by atoms with van der Waals surface area (Å²) in [4.78, 5) is 26.2. The molecule has 2 aromatic rings. The number of aromatic nitrogens is 2. The predicted octanol–water partition coefficient (Wildman–Crippen LogP) is 1.05. The van der Waals surface area contributed by atoms with Gasteiger partial charge < -0.3 is 5.11 Å². The van der Waals surface area contributed by atoms with Crippen molar-refractivity contribution in [3.63, 3.8) is 0 Å². The Balaban J connectivity index is 2.02. The Morgan fingerprint density at radius 2 is 1.78 bits per heavy atom. The quantitative estimate of drug-likeness (QED) is 0.829. The van der Waals surface area contributed by atoms with Crippen LogP contribution in [0.5, 0.6) is 5.88 Å². The third-order valence-electron chi connectivity index (χ3n) is 3.82. The number of hydrogen-bond acceptors (Lipinski definition) is 5. The van der Waals surface area contributed by atoms with E-state index < -0.39 is 17.1 Å². The molecule has 0 aliphatic carbocycles. The summed E-state index contributed by atoms with van der Waals surface area (Å²) >= 11 is 0. The molecule has 7 heteroatoms. The number of piperidine rings is 1. The number of H-pyrrole nitrogens is 1. The minimum atomic E-state index is -0.686. The highest BCUT2D eigenvalue weighted by atomic mass is 16.3. The van der Waals surface area contributed by atoms with Gasteiger partial charge in [-0.15, -0.1) is 0 Å². The molecule has 2 N–H and O–H groups in total. The second kappa shape index (κ2) is 6.51. The molecule has 3 rings (SSSR count). The molecule has 0 bridgehead atoms. The topological polar surface area (TPSA) is 90.7 Å². The largest absolute Gasteiger partial charge is 0.493 e. The van der Waals surface area contributed by atoms with Crippen LogP contribution in [0.4, 0.5) is 0 Å². The number of para-hydroxylation sites is 1. The van der Waals surface area contributed by atoms with Gasteiger partial charge in [0.1, 0.15) is 5.56 Å². The van der Waals surface area contributed by atoms with E-state index in [0.717, 1.165) is 30.5 Å². The van der Waals surface area contributed by atoms with Gasteiger partial charge in [-0.3, -0.25) is 14.8 Å². The number of rotatable bonds is 3. The molecule has 0 saturated carbocycles. The monoisotopic (exact) mass is 314 g/mol. The van der Waals surface area contributed by atoms with Crippen molar-refractivity contribution in [1.82, 2.24) is 14.6 Å². The number of nitrogens with one attached hydrogen (secondary N) is 1. The van der Waals surface area contributed by atoms with E-state index in [-0.39, 0.29) is 5.56 Å². The van der Waals surface area contributed by atoms with Crippen molar-refractivity contribution in [3.05, 3.63) is 56.7 Å². The zero-order valence-corrected chi connectivity index (χ0v) is 12.6. The second-order valence-electron chi connectivity index (χ2n) is 5.43. The van der Waals surface area contributed by atoms with Crippen LogP contribution in [0.3, 0.4) is 0 Å². The Labute approximate surface area is 132 Å². The van der Waals surface area contributed by atoms with Gasteiger partial charge in [0.25, 0.3) is 5.56 Å². The maximum Gasteiger partial charge on any atom is 0.335 e. The first-order valence-corrected chi connectivity index (χ1v) is 7.59. The molecule has 0 amide bonds. The van der Waals surface area contributed by atoms with Crippen LogP contribution < -0.4 is 11.2 Å². The average Bonchev–Trinajstić information content (AvgIpc) is 2.56. The van der Waals surface area contributed by atoms with Crippen LogP contribution in [0.25, 0.3) is 5.69 Å². The smallest absolute Gasteiger partial charge is 0.335 e. The van der Waals surface area contributed by atoms with Crippen LogP contribution in [0.2, 0.25) is 0 Å². The van der Waals surface area contributed by atoms with Gasteiger partial charge in [-0.1, -0.05) is 18.2 Å². The third-order valence-corrected chi connectivity index (χ3v) is 3.82. The van der Waals surface area contributed by atoms with Gasteiger partial charge in [0, 0.05) is 13.1 Å². The van der Waals surface area contributed by atoms with Gasteiger partial charge >= 0.3 is 5.69 Å². The summed E-state index contributed by atoms with van der Waals surface area (Å²) in [6.07, 6.45) is 4.61. The van der Waals surface area contributed by atoms with E-state index in [9.17, 15) is 14.7 Å². The molecule has 1 aliphatic heterocycles. The fourth-order valence-electron chi connectivity index (χ4n) is 2.60. The zero-order chi connectivity index (χ0) is 16.2. The van der Waals surface area contributed by atoms with Gasteiger partial charge in [-0.05, 0) is 31.4 Å². The maximum absolute atomic E-state index is 12.0. The lowest BCUT2D eigenvalue weighted by atomic mass is 10.2. The van der Waals surface area contributed by atoms with E-state index in [4.69, 9.17) is 0 Å². The SMILES string of the molecule is O=c1[nH]c(=O)n(-c2ccccc2)c(O)c1/C=N/N1CCCCC1. The number of nitrogens with zero attached hydrogens (tertiary/aromatic N) is 3. The Bertz CT molecular complexity index is 817. The summed E-state index contributed by atoms with van der Waals surface area (Å²) in [5.74, 6) is -0.411. The fourth-order valence-corrected chi connectivity index (χ4v) is 2.60. The Morgan fingerprint density at radius 3 is 2.48 bits per heavy atom. The van der Waals surface area contributed by atoms with Crippen LogP contribution in [0.1, 0.15) is 24.8 Å². The summed E-state index contributed by atoms with van der Waals surface area (Å²) in [6, 6.07) is 8.63. The molecule has 1 aromatic carbocycles. The van der Waals surface area contributed by atoms with Crippen LogP contribution in [-0.4, -0.2) is 39.0 Å². The molecule has 0 radical (unpaired) electrons. The molecule has 1 aliphatic rings. The Kier molecular flexibility index (Phi) is 4.27. The van der Waals surface area contributed by atoms with E-state index in [1.165, 1.54) is 12.6 Å². The molecule has 0 unspecified atom stereocenters. The molecule has 0 atom stereocenters. The zero-order valence-electron chi connectivity index (χ0n) is 12.6. The van der Waals surface area contributed by atoms with Gasteiger partial charge in [0.2, 0.25) is 5.88 Å². The molecule has 1 saturated heterocycles. The molecule has 1 aromatic heterocycles. The standard InChI is InChI=1S/C16H18N4O3/c21-14-13(11-17-19-9-5-2-6-10-19)15(22)20(16(23)18-14)12-7-3-1-4-8-12/h1,3-4,7-8,11,22H,2,5-6,9-10H2,(H,18,21,23)/b17-11+. The summed E-state index contributed by atoms with van der Waals surface area (Å²) < 4.78 is 1.05. The van der Waals surface area contributed by atoms with Crippen LogP contribution in [0.15, 0.2) is 45.0 Å². The highest BCUT2D eigenvalue weighted by Crippen LogP contribution is 2.15. The minimum absolute atomic E-state index is 0.0287. The number of hydrazone groups is 1. The molecule has 23 heavy (non-hydrogen) atoms. The van der Waals surface area contributed by atoms with Crippen molar-refractivity contribution in [1.29, 1.82) is 0 Å². The van der Waals surface area contributed by atoms with Crippen molar-refractivity contribution in [2.75, 3.05) is 13.1 Å². The lowest BCUT2D eigenvalue weighted by molar-refractivity contribution is 0.240. The van der Waals surface area contributed by atoms with Gasteiger partial charge in [0.05, 0.1) is 11.9 Å². The number of hydrogen-bond donors (Lipinski definition) is 2. The van der Waals surface area contributed by atoms with Crippen LogP contribution in [-0.2, 0) is 0 Å². The normalized spacial score (nSPS) is 15.2. The molecule has 7 nitrogen and oxygen atoms in total. The average molecular weight is 314 g/mol. The van der Waals surface area contributed by atoms with E-state index in [1.807, 2.05) is 5.01 Å². The number of aromatic amines is 1. The Morgan fingerprint density at radius 1 is 1.09 bits per heavy atom. The summed E-state index contributed by atoms with van der Waals surface area (Å²) in [5.41, 5.74) is -0.896. The van der Waals surface area contributed by atoms with E-state index >= 15 is 0 Å². The minimum Gasteiger partial charge on any atom is -0.493 e. The van der Waals surface area contributed by atoms with Crippen LogP contribution in [0, 0.1) is 0 Å². The summed E-state index contributed by atoms with van der Waals surface area (Å²) in [5, 5.41) is 16.5. The molecule has 0 spiro atoms. The molecule has 120 valence electrons. The highest BCUT2D eigenvalue weighted by Gasteiger charge is 2.14. The third kappa shape index (κ3) is 3.18. The lowest BCUT2D eigenvalue weighted by Crippen LogP contribution is -2.32. The highest BCUT2D eigenvalue weighted by molar-refractivity contribution is 5.82. The lowest BCUT2D eigenvalue weighted by Gasteiger charge is -2.23. The van der Waals surface area contributed by atoms with Crippen molar-refractivity contribution < 1.29 is 5.11 Å². The van der Waals surface area contributed by atoms with Crippen LogP contribution >= 0.6 is 0 Å². The van der Waals surface area contributed by atoms with Crippen molar-refractivity contribution in [3.8, 4) is 11.6 Å². The second-order valence-corrected chi connectivity index (χ2v) is 5.43. The van der Waals surface area contributed by atoms with Gasteiger partial charge in [-0.25, -0.2) is 9.36 Å². The van der Waals surface area contributed by atoms with E-state index in [0.29, 0.717) is 5.69 Å². The van der Waals surface area contributed by atoms with Gasteiger partial charge in [0.15, 0.2) is 0 Å². The van der Waals surface area contributed by atoms with Crippen molar-refractivity contribution in [2.45, 2.75) is 19.3 Å². The predicted molar refractivity (Wildman–Crippen MR) is 87.3 cm³/mol.